The molecule has 1 rings (SSSR count). The van der Waals surface area contributed by atoms with Gasteiger partial charge in [-0.1, -0.05) is 13.3 Å². The van der Waals surface area contributed by atoms with Crippen molar-refractivity contribution in [2.75, 3.05) is 24.6 Å². The summed E-state index contributed by atoms with van der Waals surface area (Å²) < 4.78 is 22.8. The van der Waals surface area contributed by atoms with E-state index in [4.69, 9.17) is 5.11 Å². The minimum atomic E-state index is -3.08. The predicted molar refractivity (Wildman–Crippen MR) is 69.7 cm³/mol. The molecule has 19 heavy (non-hydrogen) atoms. The molecule has 1 heterocycles. The van der Waals surface area contributed by atoms with Crippen LogP contribution in [0.3, 0.4) is 0 Å². The van der Waals surface area contributed by atoms with Crippen molar-refractivity contribution in [3.8, 4) is 0 Å². The van der Waals surface area contributed by atoms with Crippen molar-refractivity contribution < 1.29 is 23.1 Å². The fraction of sp³-hybridized carbons (Fsp3) is 0.818. The number of aliphatic carboxylic acids is 1. The summed E-state index contributed by atoms with van der Waals surface area (Å²) in [5, 5.41) is 11.4. The van der Waals surface area contributed by atoms with Gasteiger partial charge in [0.05, 0.1) is 11.5 Å². The average Bonchev–Trinajstić information content (AvgIpc) is 2.49. The number of amides is 2. The Morgan fingerprint density at radius 1 is 1.32 bits per heavy atom. The van der Waals surface area contributed by atoms with Gasteiger partial charge < -0.3 is 15.3 Å². The van der Waals surface area contributed by atoms with Gasteiger partial charge in [-0.3, -0.25) is 0 Å². The van der Waals surface area contributed by atoms with Crippen molar-refractivity contribution in [2.24, 2.45) is 0 Å². The van der Waals surface area contributed by atoms with Crippen LogP contribution in [-0.2, 0) is 14.6 Å². The van der Waals surface area contributed by atoms with E-state index in [1.807, 2.05) is 6.92 Å². The zero-order valence-corrected chi connectivity index (χ0v) is 11.8. The van der Waals surface area contributed by atoms with Crippen LogP contribution in [0.4, 0.5) is 4.79 Å². The summed E-state index contributed by atoms with van der Waals surface area (Å²) in [4.78, 5) is 24.2. The van der Waals surface area contributed by atoms with Crippen molar-refractivity contribution in [1.82, 2.24) is 10.2 Å². The molecule has 0 radical (unpaired) electrons. The Kier molecular flexibility index (Phi) is 5.59. The van der Waals surface area contributed by atoms with E-state index < -0.39 is 27.9 Å². The lowest BCUT2D eigenvalue weighted by Crippen LogP contribution is -2.48. The molecule has 0 aromatic rings. The first-order valence-electron chi connectivity index (χ1n) is 6.34. The minimum Gasteiger partial charge on any atom is -0.480 e. The third-order valence-electron chi connectivity index (χ3n) is 3.02. The van der Waals surface area contributed by atoms with Crippen LogP contribution in [0.25, 0.3) is 0 Å². The summed E-state index contributed by atoms with van der Waals surface area (Å²) in [7, 11) is -3.08. The Labute approximate surface area is 112 Å². The number of nitrogens with zero attached hydrogens (tertiary/aromatic N) is 1. The fourth-order valence-electron chi connectivity index (χ4n) is 1.93. The zero-order chi connectivity index (χ0) is 14.5. The highest BCUT2D eigenvalue weighted by Gasteiger charge is 2.25. The average molecular weight is 292 g/mol. The van der Waals surface area contributed by atoms with Gasteiger partial charge in [0.25, 0.3) is 0 Å². The molecule has 0 unspecified atom stereocenters. The molecule has 1 aliphatic heterocycles. The lowest BCUT2D eigenvalue weighted by atomic mass is 10.2. The van der Waals surface area contributed by atoms with Crippen LogP contribution < -0.4 is 5.32 Å². The van der Waals surface area contributed by atoms with Crippen LogP contribution in [0, 0.1) is 0 Å². The smallest absolute Gasteiger partial charge is 0.326 e. The van der Waals surface area contributed by atoms with Crippen LogP contribution >= 0.6 is 0 Å². The number of carbonyl (C=O) groups is 2. The molecule has 0 saturated carbocycles. The molecule has 110 valence electrons. The molecule has 1 aliphatic rings. The molecule has 8 heteroatoms. The molecule has 0 aromatic heterocycles. The molecular weight excluding hydrogens is 272 g/mol. The first kappa shape index (κ1) is 15.7. The summed E-state index contributed by atoms with van der Waals surface area (Å²) in [6, 6.07) is -1.42. The van der Waals surface area contributed by atoms with E-state index in [1.54, 1.807) is 0 Å². The molecule has 2 N–H and O–H groups in total. The number of urea groups is 1. The van der Waals surface area contributed by atoms with E-state index in [0.717, 1.165) is 0 Å². The standard InChI is InChI=1S/C11H20N2O5S/c1-2-4-9(10(14)15)12-11(16)13-5-3-7-19(17,18)8-6-13/h9H,2-8H2,1H3,(H,12,16)(H,14,15)/t9-/m0/s1. The molecule has 2 amide bonds. The highest BCUT2D eigenvalue weighted by atomic mass is 32.2. The van der Waals surface area contributed by atoms with Gasteiger partial charge in [-0.15, -0.1) is 0 Å². The van der Waals surface area contributed by atoms with Crippen LogP contribution in [0.15, 0.2) is 0 Å². The van der Waals surface area contributed by atoms with Crippen molar-refractivity contribution >= 4 is 21.8 Å². The van der Waals surface area contributed by atoms with Gasteiger partial charge in [0.2, 0.25) is 0 Å². The lowest BCUT2D eigenvalue weighted by molar-refractivity contribution is -0.139. The molecule has 7 nitrogen and oxygen atoms in total. The number of nitrogens with one attached hydrogen (secondary N) is 1. The molecule has 0 aliphatic carbocycles. The van der Waals surface area contributed by atoms with Crippen molar-refractivity contribution in [1.29, 1.82) is 0 Å². The Balaban J connectivity index is 2.59. The second-order valence-corrected chi connectivity index (χ2v) is 6.93. The zero-order valence-electron chi connectivity index (χ0n) is 11.0. The highest BCUT2D eigenvalue weighted by molar-refractivity contribution is 7.91. The number of hydrogen-bond donors (Lipinski definition) is 2. The number of carbonyl (C=O) groups excluding carboxylic acids is 1. The Morgan fingerprint density at radius 2 is 2.00 bits per heavy atom. The summed E-state index contributed by atoms with van der Waals surface area (Å²) in [5.41, 5.74) is 0. The normalized spacial score (nSPS) is 20.4. The van der Waals surface area contributed by atoms with E-state index >= 15 is 0 Å². The Hall–Kier alpha value is -1.31. The van der Waals surface area contributed by atoms with Crippen LogP contribution in [-0.4, -0.2) is 61.1 Å². The topological polar surface area (TPSA) is 104 Å². The Bertz CT molecular complexity index is 434. The second-order valence-electron chi connectivity index (χ2n) is 4.62. The highest BCUT2D eigenvalue weighted by Crippen LogP contribution is 2.06. The first-order chi connectivity index (χ1) is 8.85. The van der Waals surface area contributed by atoms with Gasteiger partial charge >= 0.3 is 12.0 Å². The summed E-state index contributed by atoms with van der Waals surface area (Å²) >= 11 is 0. The third-order valence-corrected chi connectivity index (χ3v) is 4.73. The SMILES string of the molecule is CCC[C@H](NC(=O)N1CCCS(=O)(=O)CC1)C(=O)O. The summed E-state index contributed by atoms with van der Waals surface area (Å²) in [6.45, 7) is 2.29. The minimum absolute atomic E-state index is 0.0636. The van der Waals surface area contributed by atoms with Gasteiger partial charge in [0.1, 0.15) is 6.04 Å². The van der Waals surface area contributed by atoms with Gasteiger partial charge in [0.15, 0.2) is 9.84 Å². The monoisotopic (exact) mass is 292 g/mol. The van der Waals surface area contributed by atoms with E-state index in [0.29, 0.717) is 25.8 Å². The summed E-state index contributed by atoms with van der Waals surface area (Å²) in [5.74, 6) is -1.06. The molecule has 1 atom stereocenters. The number of carboxylic acids is 1. The Morgan fingerprint density at radius 3 is 2.58 bits per heavy atom. The number of carboxylic acid groups (broad SMARTS) is 1. The van der Waals surface area contributed by atoms with E-state index in [1.165, 1.54) is 4.90 Å². The number of rotatable bonds is 4. The largest absolute Gasteiger partial charge is 0.480 e. The van der Waals surface area contributed by atoms with E-state index in [2.05, 4.69) is 5.32 Å². The third kappa shape index (κ3) is 5.06. The van der Waals surface area contributed by atoms with Crippen molar-refractivity contribution in [3.63, 3.8) is 0 Å². The van der Waals surface area contributed by atoms with E-state index in [-0.39, 0.29) is 18.1 Å². The van der Waals surface area contributed by atoms with Crippen LogP contribution in [0.2, 0.25) is 0 Å². The molecular formula is C11H20N2O5S. The molecule has 1 saturated heterocycles. The van der Waals surface area contributed by atoms with Crippen molar-refractivity contribution in [2.45, 2.75) is 32.2 Å². The van der Waals surface area contributed by atoms with Gasteiger partial charge in [-0.05, 0) is 12.8 Å². The second kappa shape index (κ2) is 6.74. The maximum absolute atomic E-state index is 11.9. The maximum atomic E-state index is 11.9. The lowest BCUT2D eigenvalue weighted by Gasteiger charge is -2.23. The maximum Gasteiger partial charge on any atom is 0.326 e. The first-order valence-corrected chi connectivity index (χ1v) is 8.16. The van der Waals surface area contributed by atoms with Gasteiger partial charge in [-0.2, -0.15) is 0 Å². The number of hydrogen-bond acceptors (Lipinski definition) is 4. The van der Waals surface area contributed by atoms with Gasteiger partial charge in [-0.25, -0.2) is 18.0 Å². The quantitative estimate of drug-likeness (QED) is 0.763. The predicted octanol–water partition coefficient (Wildman–Crippen LogP) is 0.0698. The fourth-order valence-corrected chi connectivity index (χ4v) is 3.20. The molecule has 0 bridgehead atoms. The summed E-state index contributed by atoms with van der Waals surface area (Å²) in [6.07, 6.45) is 1.39. The van der Waals surface area contributed by atoms with Gasteiger partial charge in [0, 0.05) is 13.1 Å². The van der Waals surface area contributed by atoms with Crippen molar-refractivity contribution in [3.05, 3.63) is 0 Å². The van der Waals surface area contributed by atoms with E-state index in [9.17, 15) is 18.0 Å². The molecule has 0 aromatic carbocycles. The molecule has 1 fully saturated rings. The van der Waals surface area contributed by atoms with Crippen LogP contribution in [0.5, 0.6) is 0 Å². The number of sulfone groups is 1. The van der Waals surface area contributed by atoms with Crippen LogP contribution in [0.1, 0.15) is 26.2 Å². The molecule has 0 spiro atoms.